The molecule has 0 saturated heterocycles. The molecule has 0 atom stereocenters. The molecule has 72 valence electrons. The van der Waals surface area contributed by atoms with Gasteiger partial charge in [-0.15, -0.1) is 0 Å². The molecule has 5 heteroatoms. The van der Waals surface area contributed by atoms with Gasteiger partial charge in [0.2, 0.25) is 5.75 Å². The average molecular weight is 212 g/mol. The van der Waals surface area contributed by atoms with Crippen LogP contribution in [-0.4, -0.2) is 12.1 Å². The third-order valence-electron chi connectivity index (χ3n) is 1.77. The van der Waals surface area contributed by atoms with Crippen LogP contribution >= 0.6 is 11.6 Å². The van der Waals surface area contributed by atoms with Crippen LogP contribution in [0.2, 0.25) is 5.02 Å². The highest BCUT2D eigenvalue weighted by molar-refractivity contribution is 6.36. The highest BCUT2D eigenvalue weighted by Crippen LogP contribution is 2.27. The van der Waals surface area contributed by atoms with Crippen molar-refractivity contribution in [3.05, 3.63) is 33.8 Å². The number of nitrogens with zero attached hydrogens (tertiary/aromatic N) is 1. The van der Waals surface area contributed by atoms with Crippen LogP contribution in [0.25, 0.3) is 11.1 Å². The molecule has 0 unspecified atom stereocenters. The Labute approximate surface area is 84.1 Å². The van der Waals surface area contributed by atoms with Crippen molar-refractivity contribution >= 4 is 22.7 Å². The van der Waals surface area contributed by atoms with E-state index in [0.717, 1.165) is 0 Å². The second kappa shape index (κ2) is 3.31. The summed E-state index contributed by atoms with van der Waals surface area (Å²) in [5.74, 6) is -0.0159. The zero-order valence-corrected chi connectivity index (χ0v) is 8.04. The molecule has 2 aromatic heterocycles. The van der Waals surface area contributed by atoms with Crippen molar-refractivity contribution in [2.24, 2.45) is 0 Å². The first-order chi connectivity index (χ1) is 6.74. The number of pyridine rings is 1. The van der Waals surface area contributed by atoms with Crippen LogP contribution in [0.5, 0.6) is 5.75 Å². The second-order valence-corrected chi connectivity index (χ2v) is 2.96. The number of aromatic nitrogens is 1. The Morgan fingerprint density at radius 2 is 2.36 bits per heavy atom. The topological polar surface area (TPSA) is 52.3 Å². The van der Waals surface area contributed by atoms with E-state index in [9.17, 15) is 4.79 Å². The number of hydrogen-bond acceptors (Lipinski definition) is 4. The summed E-state index contributed by atoms with van der Waals surface area (Å²) in [5, 5.41) is 0.180. The minimum absolute atomic E-state index is 0.0159. The van der Waals surface area contributed by atoms with Gasteiger partial charge in [0.15, 0.2) is 5.58 Å². The Morgan fingerprint density at radius 1 is 1.57 bits per heavy atom. The summed E-state index contributed by atoms with van der Waals surface area (Å²) in [6, 6.07) is 3.28. The molecular weight excluding hydrogens is 206 g/mol. The van der Waals surface area contributed by atoms with Crippen LogP contribution in [0, 0.1) is 0 Å². The van der Waals surface area contributed by atoms with Gasteiger partial charge < -0.3 is 9.15 Å². The minimum atomic E-state index is -0.599. The van der Waals surface area contributed by atoms with E-state index in [0.29, 0.717) is 11.1 Å². The van der Waals surface area contributed by atoms with Crippen LogP contribution in [0.4, 0.5) is 0 Å². The van der Waals surface area contributed by atoms with Gasteiger partial charge in [0.1, 0.15) is 10.5 Å². The molecule has 2 heterocycles. The fourth-order valence-electron chi connectivity index (χ4n) is 1.15. The molecule has 14 heavy (non-hydrogen) atoms. The largest absolute Gasteiger partial charge is 0.489 e. The Morgan fingerprint density at radius 3 is 3.07 bits per heavy atom. The smallest absolute Gasteiger partial charge is 0.380 e. The number of methoxy groups -OCH3 is 1. The van der Waals surface area contributed by atoms with E-state index in [1.807, 2.05) is 0 Å². The molecule has 2 aromatic rings. The number of halogens is 1. The molecule has 0 aliphatic heterocycles. The monoisotopic (exact) mass is 211 g/mol. The quantitative estimate of drug-likeness (QED) is 0.722. The molecule has 2 rings (SSSR count). The standard InChI is InChI=1S/C9H6ClNO3/c1-13-8-6(10)7-5(14-9(8)12)3-2-4-11-7/h2-4H,1H3. The average Bonchev–Trinajstić information content (AvgIpc) is 2.18. The maximum absolute atomic E-state index is 11.3. The first-order valence-corrected chi connectivity index (χ1v) is 4.23. The zero-order valence-electron chi connectivity index (χ0n) is 7.28. The lowest BCUT2D eigenvalue weighted by molar-refractivity contribution is 0.385. The summed E-state index contributed by atoms with van der Waals surface area (Å²) < 4.78 is 9.74. The normalized spacial score (nSPS) is 10.4. The predicted octanol–water partition coefficient (Wildman–Crippen LogP) is 1.85. The van der Waals surface area contributed by atoms with E-state index in [1.165, 1.54) is 7.11 Å². The van der Waals surface area contributed by atoms with Crippen molar-refractivity contribution in [3.8, 4) is 5.75 Å². The van der Waals surface area contributed by atoms with Gasteiger partial charge in [0, 0.05) is 6.20 Å². The summed E-state index contributed by atoms with van der Waals surface area (Å²) in [5.41, 5.74) is 0.173. The number of hydrogen-bond donors (Lipinski definition) is 0. The Balaban J connectivity index is 2.93. The van der Waals surface area contributed by atoms with E-state index in [2.05, 4.69) is 4.98 Å². The van der Waals surface area contributed by atoms with Gasteiger partial charge in [-0.25, -0.2) is 4.79 Å². The number of rotatable bonds is 1. The fourth-order valence-corrected chi connectivity index (χ4v) is 1.45. The van der Waals surface area contributed by atoms with Gasteiger partial charge in [-0.05, 0) is 12.1 Å². The highest BCUT2D eigenvalue weighted by Gasteiger charge is 2.13. The van der Waals surface area contributed by atoms with Gasteiger partial charge in [0.25, 0.3) is 0 Å². The molecule has 0 fully saturated rings. The van der Waals surface area contributed by atoms with Crippen LogP contribution in [-0.2, 0) is 0 Å². The van der Waals surface area contributed by atoms with Crippen molar-refractivity contribution in [2.45, 2.75) is 0 Å². The minimum Gasteiger partial charge on any atom is -0.489 e. The molecule has 0 aliphatic carbocycles. The first-order valence-electron chi connectivity index (χ1n) is 3.85. The Kier molecular flexibility index (Phi) is 2.13. The lowest BCUT2D eigenvalue weighted by Crippen LogP contribution is -2.04. The van der Waals surface area contributed by atoms with Gasteiger partial charge in [-0.1, -0.05) is 11.6 Å². The lowest BCUT2D eigenvalue weighted by Gasteiger charge is -2.02. The maximum atomic E-state index is 11.3. The molecule has 0 radical (unpaired) electrons. The zero-order chi connectivity index (χ0) is 10.1. The molecular formula is C9H6ClNO3. The van der Waals surface area contributed by atoms with E-state index in [1.54, 1.807) is 18.3 Å². The van der Waals surface area contributed by atoms with Crippen molar-refractivity contribution < 1.29 is 9.15 Å². The van der Waals surface area contributed by atoms with E-state index in [-0.39, 0.29) is 10.8 Å². The van der Waals surface area contributed by atoms with E-state index in [4.69, 9.17) is 20.8 Å². The van der Waals surface area contributed by atoms with Crippen molar-refractivity contribution in [2.75, 3.05) is 7.11 Å². The molecule has 4 nitrogen and oxygen atoms in total. The molecule has 0 N–H and O–H groups in total. The van der Waals surface area contributed by atoms with Crippen LogP contribution in [0.3, 0.4) is 0 Å². The van der Waals surface area contributed by atoms with Crippen LogP contribution in [0.15, 0.2) is 27.5 Å². The summed E-state index contributed by atoms with van der Waals surface area (Å²) in [4.78, 5) is 15.3. The maximum Gasteiger partial charge on any atom is 0.380 e. The van der Waals surface area contributed by atoms with Crippen molar-refractivity contribution in [1.29, 1.82) is 0 Å². The lowest BCUT2D eigenvalue weighted by atomic mass is 10.3. The first kappa shape index (κ1) is 9.02. The third kappa shape index (κ3) is 1.24. The predicted molar refractivity (Wildman–Crippen MR) is 51.8 cm³/mol. The third-order valence-corrected chi connectivity index (χ3v) is 2.12. The van der Waals surface area contributed by atoms with Crippen LogP contribution in [0.1, 0.15) is 0 Å². The van der Waals surface area contributed by atoms with Gasteiger partial charge in [-0.2, -0.15) is 0 Å². The summed E-state index contributed by atoms with van der Waals surface area (Å²) in [6.07, 6.45) is 1.56. The van der Waals surface area contributed by atoms with Gasteiger partial charge in [-0.3, -0.25) is 4.98 Å². The van der Waals surface area contributed by atoms with Crippen molar-refractivity contribution in [3.63, 3.8) is 0 Å². The van der Waals surface area contributed by atoms with Gasteiger partial charge >= 0.3 is 5.63 Å². The van der Waals surface area contributed by atoms with E-state index < -0.39 is 5.63 Å². The number of ether oxygens (including phenoxy) is 1. The second-order valence-electron chi connectivity index (χ2n) is 2.59. The van der Waals surface area contributed by atoms with E-state index >= 15 is 0 Å². The highest BCUT2D eigenvalue weighted by atomic mass is 35.5. The molecule has 0 aliphatic rings. The summed E-state index contributed by atoms with van der Waals surface area (Å²) in [6.45, 7) is 0. The summed E-state index contributed by atoms with van der Waals surface area (Å²) in [7, 11) is 1.35. The van der Waals surface area contributed by atoms with Gasteiger partial charge in [0.05, 0.1) is 7.11 Å². The summed E-state index contributed by atoms with van der Waals surface area (Å²) >= 11 is 5.90. The molecule has 0 aromatic carbocycles. The molecule has 0 amide bonds. The molecule has 0 bridgehead atoms. The number of fused-ring (bicyclic) bond motifs is 1. The molecule has 0 spiro atoms. The Bertz CT molecular complexity index is 535. The SMILES string of the molecule is COc1c(Cl)c2ncccc2oc1=O. The fraction of sp³-hybridized carbons (Fsp3) is 0.111. The Hall–Kier alpha value is -1.55. The molecule has 0 saturated carbocycles. The van der Waals surface area contributed by atoms with Crippen molar-refractivity contribution in [1.82, 2.24) is 4.98 Å². The van der Waals surface area contributed by atoms with Crippen LogP contribution < -0.4 is 10.4 Å².